The van der Waals surface area contributed by atoms with E-state index in [0.29, 0.717) is 12.1 Å². The zero-order valence-electron chi connectivity index (χ0n) is 15.1. The molecule has 0 aliphatic carbocycles. The number of para-hydroxylation sites is 1. The molecule has 0 aromatic heterocycles. The summed E-state index contributed by atoms with van der Waals surface area (Å²) in [4.78, 5) is 26.7. The van der Waals surface area contributed by atoms with Crippen LogP contribution in [0, 0.1) is 18.7 Å². The topological polar surface area (TPSA) is 49.4 Å². The Morgan fingerprint density at radius 3 is 2.65 bits per heavy atom. The maximum Gasteiger partial charge on any atom is 0.227 e. The standard InChI is InChI=1S/C21H23FN2O2/c1-3-15-9-6-7-14(2)20(15)24-13-17(11-19(24)25)21(26)23-12-16-8-4-5-10-18(16)22/h4-10,17H,3,11-13H2,1-2H3,(H,23,26). The highest BCUT2D eigenvalue weighted by atomic mass is 19.1. The molecule has 5 heteroatoms. The third-order valence-electron chi connectivity index (χ3n) is 4.88. The molecular formula is C21H23FN2O2. The van der Waals surface area contributed by atoms with E-state index >= 15 is 0 Å². The highest BCUT2D eigenvalue weighted by Crippen LogP contribution is 2.31. The van der Waals surface area contributed by atoms with Gasteiger partial charge in [-0.1, -0.05) is 43.3 Å². The maximum absolute atomic E-state index is 13.7. The van der Waals surface area contributed by atoms with E-state index in [4.69, 9.17) is 0 Å². The molecule has 2 aromatic carbocycles. The van der Waals surface area contributed by atoms with Gasteiger partial charge in [-0.15, -0.1) is 0 Å². The minimum absolute atomic E-state index is 0.0416. The van der Waals surface area contributed by atoms with Crippen LogP contribution < -0.4 is 10.2 Å². The van der Waals surface area contributed by atoms with E-state index in [1.54, 1.807) is 23.1 Å². The average Bonchev–Trinajstić information content (AvgIpc) is 3.02. The van der Waals surface area contributed by atoms with Gasteiger partial charge in [-0.05, 0) is 30.5 Å². The molecule has 4 nitrogen and oxygen atoms in total. The van der Waals surface area contributed by atoms with Gasteiger partial charge in [0.05, 0.1) is 5.92 Å². The van der Waals surface area contributed by atoms with Crippen molar-refractivity contribution in [2.24, 2.45) is 5.92 Å². The zero-order valence-corrected chi connectivity index (χ0v) is 15.1. The number of aryl methyl sites for hydroxylation is 2. The lowest BCUT2D eigenvalue weighted by atomic mass is 10.0. The lowest BCUT2D eigenvalue weighted by molar-refractivity contribution is -0.126. The van der Waals surface area contributed by atoms with E-state index in [1.807, 2.05) is 25.1 Å². The van der Waals surface area contributed by atoms with Crippen LogP contribution in [-0.2, 0) is 22.6 Å². The Bertz CT molecular complexity index is 835. The van der Waals surface area contributed by atoms with Crippen LogP contribution in [0.1, 0.15) is 30.0 Å². The molecule has 26 heavy (non-hydrogen) atoms. The molecule has 1 aliphatic rings. The number of amides is 2. The normalized spacial score (nSPS) is 16.8. The van der Waals surface area contributed by atoms with Gasteiger partial charge in [0.25, 0.3) is 0 Å². The van der Waals surface area contributed by atoms with Crippen LogP contribution >= 0.6 is 0 Å². The highest BCUT2D eigenvalue weighted by Gasteiger charge is 2.36. The van der Waals surface area contributed by atoms with E-state index in [0.717, 1.165) is 23.2 Å². The minimum atomic E-state index is -0.418. The fraction of sp³-hybridized carbons (Fsp3) is 0.333. The van der Waals surface area contributed by atoms with Crippen LogP contribution in [0.3, 0.4) is 0 Å². The van der Waals surface area contributed by atoms with Crippen molar-refractivity contribution in [3.63, 3.8) is 0 Å². The van der Waals surface area contributed by atoms with E-state index in [1.165, 1.54) is 6.07 Å². The molecule has 1 saturated heterocycles. The average molecular weight is 354 g/mol. The minimum Gasteiger partial charge on any atom is -0.352 e. The second-order valence-corrected chi connectivity index (χ2v) is 6.65. The van der Waals surface area contributed by atoms with Gasteiger partial charge in [0, 0.05) is 30.8 Å². The van der Waals surface area contributed by atoms with Gasteiger partial charge in [0.1, 0.15) is 5.82 Å². The number of hydrogen-bond acceptors (Lipinski definition) is 2. The maximum atomic E-state index is 13.7. The molecule has 2 amide bonds. The number of nitrogens with zero attached hydrogens (tertiary/aromatic N) is 1. The lowest BCUT2D eigenvalue weighted by Gasteiger charge is -2.22. The monoisotopic (exact) mass is 354 g/mol. The Morgan fingerprint density at radius 1 is 1.19 bits per heavy atom. The van der Waals surface area contributed by atoms with Gasteiger partial charge in [-0.3, -0.25) is 9.59 Å². The molecule has 0 bridgehead atoms. The number of halogens is 1. The molecule has 1 unspecified atom stereocenters. The first kappa shape index (κ1) is 18.1. The first-order valence-electron chi connectivity index (χ1n) is 8.91. The molecule has 1 heterocycles. The third-order valence-corrected chi connectivity index (χ3v) is 4.88. The number of carbonyl (C=O) groups excluding carboxylic acids is 2. The Kier molecular flexibility index (Phi) is 5.35. The van der Waals surface area contributed by atoms with Crippen molar-refractivity contribution in [1.29, 1.82) is 0 Å². The second kappa shape index (κ2) is 7.68. The quantitative estimate of drug-likeness (QED) is 0.895. The number of hydrogen-bond donors (Lipinski definition) is 1. The van der Waals surface area contributed by atoms with Crippen LogP contribution in [0.4, 0.5) is 10.1 Å². The SMILES string of the molecule is CCc1cccc(C)c1N1CC(C(=O)NCc2ccccc2F)CC1=O. The molecular weight excluding hydrogens is 331 g/mol. The van der Waals surface area contributed by atoms with Gasteiger partial charge in [0.15, 0.2) is 0 Å². The molecule has 1 N–H and O–H groups in total. The predicted octanol–water partition coefficient (Wildman–Crippen LogP) is 3.37. The number of rotatable bonds is 5. The summed E-state index contributed by atoms with van der Waals surface area (Å²) in [5, 5.41) is 2.76. The van der Waals surface area contributed by atoms with Gasteiger partial charge < -0.3 is 10.2 Å². The van der Waals surface area contributed by atoms with Crippen molar-refractivity contribution in [3.8, 4) is 0 Å². The van der Waals surface area contributed by atoms with Gasteiger partial charge >= 0.3 is 0 Å². The molecule has 136 valence electrons. The summed E-state index contributed by atoms with van der Waals surface area (Å²) < 4.78 is 13.7. The lowest BCUT2D eigenvalue weighted by Crippen LogP contribution is -2.33. The van der Waals surface area contributed by atoms with Crippen LogP contribution in [0.5, 0.6) is 0 Å². The van der Waals surface area contributed by atoms with Crippen LogP contribution in [0.15, 0.2) is 42.5 Å². The van der Waals surface area contributed by atoms with Gasteiger partial charge in [0.2, 0.25) is 11.8 Å². The van der Waals surface area contributed by atoms with Gasteiger partial charge in [-0.2, -0.15) is 0 Å². The molecule has 1 fully saturated rings. The molecule has 3 rings (SSSR count). The Labute approximate surface area is 153 Å². The number of carbonyl (C=O) groups is 2. The second-order valence-electron chi connectivity index (χ2n) is 6.65. The Balaban J connectivity index is 1.70. The molecule has 2 aromatic rings. The fourth-order valence-electron chi connectivity index (χ4n) is 3.46. The van der Waals surface area contributed by atoms with E-state index < -0.39 is 5.92 Å². The van der Waals surface area contributed by atoms with Crippen LogP contribution in [0.25, 0.3) is 0 Å². The Morgan fingerprint density at radius 2 is 1.92 bits per heavy atom. The highest BCUT2D eigenvalue weighted by molar-refractivity contribution is 6.01. The first-order chi connectivity index (χ1) is 12.5. The molecule has 1 aliphatic heterocycles. The molecule has 0 saturated carbocycles. The van der Waals surface area contributed by atoms with E-state index in [2.05, 4.69) is 12.2 Å². The van der Waals surface area contributed by atoms with Crippen molar-refractivity contribution < 1.29 is 14.0 Å². The first-order valence-corrected chi connectivity index (χ1v) is 8.91. The van der Waals surface area contributed by atoms with Crippen molar-refractivity contribution in [3.05, 3.63) is 65.0 Å². The van der Waals surface area contributed by atoms with Gasteiger partial charge in [-0.25, -0.2) is 4.39 Å². The predicted molar refractivity (Wildman–Crippen MR) is 99.3 cm³/mol. The number of nitrogens with one attached hydrogen (secondary N) is 1. The van der Waals surface area contributed by atoms with Crippen LogP contribution in [-0.4, -0.2) is 18.4 Å². The largest absolute Gasteiger partial charge is 0.352 e. The summed E-state index contributed by atoms with van der Waals surface area (Å²) in [6.07, 6.45) is 1.01. The number of anilines is 1. The summed E-state index contributed by atoms with van der Waals surface area (Å²) >= 11 is 0. The van der Waals surface area contributed by atoms with E-state index in [-0.39, 0.29) is 30.6 Å². The summed E-state index contributed by atoms with van der Waals surface area (Å²) in [5.41, 5.74) is 3.49. The van der Waals surface area contributed by atoms with Crippen molar-refractivity contribution in [1.82, 2.24) is 5.32 Å². The Hall–Kier alpha value is -2.69. The van der Waals surface area contributed by atoms with Crippen molar-refractivity contribution >= 4 is 17.5 Å². The zero-order chi connectivity index (χ0) is 18.7. The molecule has 0 radical (unpaired) electrons. The summed E-state index contributed by atoms with van der Waals surface area (Å²) in [7, 11) is 0. The number of benzene rings is 2. The van der Waals surface area contributed by atoms with Crippen molar-refractivity contribution in [2.75, 3.05) is 11.4 Å². The van der Waals surface area contributed by atoms with Crippen LogP contribution in [0.2, 0.25) is 0 Å². The fourth-order valence-corrected chi connectivity index (χ4v) is 3.46. The summed E-state index contributed by atoms with van der Waals surface area (Å²) in [6.45, 7) is 4.52. The smallest absolute Gasteiger partial charge is 0.227 e. The summed E-state index contributed by atoms with van der Waals surface area (Å²) in [6, 6.07) is 12.3. The van der Waals surface area contributed by atoms with E-state index in [9.17, 15) is 14.0 Å². The van der Waals surface area contributed by atoms with Crippen molar-refractivity contribution in [2.45, 2.75) is 33.2 Å². The summed E-state index contributed by atoms with van der Waals surface area (Å²) in [5.74, 6) is -1.02. The molecule has 0 spiro atoms. The third kappa shape index (κ3) is 3.62. The molecule has 1 atom stereocenters.